The SMILES string of the molecule is CCNC1CC(Oc2ccc(C)cc2C)C1(C)C. The van der Waals surface area contributed by atoms with Crippen LogP contribution in [0.15, 0.2) is 18.2 Å². The van der Waals surface area contributed by atoms with E-state index < -0.39 is 0 Å². The van der Waals surface area contributed by atoms with Gasteiger partial charge in [0.2, 0.25) is 0 Å². The van der Waals surface area contributed by atoms with Gasteiger partial charge in [0.05, 0.1) is 0 Å². The van der Waals surface area contributed by atoms with Crippen LogP contribution < -0.4 is 10.1 Å². The largest absolute Gasteiger partial charge is 0.489 e. The van der Waals surface area contributed by atoms with Crippen LogP contribution in [0.3, 0.4) is 0 Å². The summed E-state index contributed by atoms with van der Waals surface area (Å²) in [4.78, 5) is 0. The Hall–Kier alpha value is -1.02. The predicted molar refractivity (Wildman–Crippen MR) is 76.2 cm³/mol. The van der Waals surface area contributed by atoms with E-state index in [-0.39, 0.29) is 5.41 Å². The van der Waals surface area contributed by atoms with Gasteiger partial charge in [-0.3, -0.25) is 0 Å². The summed E-state index contributed by atoms with van der Waals surface area (Å²) < 4.78 is 6.19. The Morgan fingerprint density at radius 2 is 2.06 bits per heavy atom. The Bertz CT molecular complexity index is 425. The average molecular weight is 247 g/mol. The van der Waals surface area contributed by atoms with Gasteiger partial charge in [-0.15, -0.1) is 0 Å². The third-order valence-corrected chi connectivity index (χ3v) is 4.23. The third-order valence-electron chi connectivity index (χ3n) is 4.23. The van der Waals surface area contributed by atoms with Crippen molar-refractivity contribution in [3.05, 3.63) is 29.3 Å². The minimum absolute atomic E-state index is 0.216. The Balaban J connectivity index is 2.03. The number of ether oxygens (including phenoxy) is 1. The van der Waals surface area contributed by atoms with E-state index in [2.05, 4.69) is 58.1 Å². The van der Waals surface area contributed by atoms with Gasteiger partial charge in [-0.1, -0.05) is 38.5 Å². The Morgan fingerprint density at radius 1 is 1.33 bits per heavy atom. The van der Waals surface area contributed by atoms with Crippen LogP contribution in [-0.2, 0) is 0 Å². The van der Waals surface area contributed by atoms with Gasteiger partial charge in [0.25, 0.3) is 0 Å². The van der Waals surface area contributed by atoms with Gasteiger partial charge in [-0.05, 0) is 32.0 Å². The first-order valence-corrected chi connectivity index (χ1v) is 6.92. The molecule has 18 heavy (non-hydrogen) atoms. The molecule has 2 nitrogen and oxygen atoms in total. The Morgan fingerprint density at radius 3 is 2.61 bits per heavy atom. The lowest BCUT2D eigenvalue weighted by molar-refractivity contribution is -0.0544. The molecule has 0 saturated heterocycles. The molecule has 1 aliphatic carbocycles. The van der Waals surface area contributed by atoms with Crippen LogP contribution in [0, 0.1) is 19.3 Å². The number of benzene rings is 1. The molecule has 0 aliphatic heterocycles. The topological polar surface area (TPSA) is 21.3 Å². The van der Waals surface area contributed by atoms with Crippen molar-refractivity contribution in [1.29, 1.82) is 0 Å². The highest BCUT2D eigenvalue weighted by Crippen LogP contribution is 2.43. The fraction of sp³-hybridized carbons (Fsp3) is 0.625. The molecule has 0 heterocycles. The monoisotopic (exact) mass is 247 g/mol. The van der Waals surface area contributed by atoms with Crippen molar-refractivity contribution in [2.45, 2.75) is 53.2 Å². The molecule has 1 aliphatic rings. The zero-order valence-corrected chi connectivity index (χ0v) is 12.2. The molecule has 100 valence electrons. The summed E-state index contributed by atoms with van der Waals surface area (Å²) in [6, 6.07) is 6.98. The third kappa shape index (κ3) is 2.39. The average Bonchev–Trinajstić information content (AvgIpc) is 2.30. The van der Waals surface area contributed by atoms with E-state index >= 15 is 0 Å². The van der Waals surface area contributed by atoms with E-state index in [9.17, 15) is 0 Å². The minimum atomic E-state index is 0.216. The van der Waals surface area contributed by atoms with Crippen LogP contribution in [0.4, 0.5) is 0 Å². The van der Waals surface area contributed by atoms with Crippen LogP contribution in [0.25, 0.3) is 0 Å². The highest BCUT2D eigenvalue weighted by Gasteiger charge is 2.49. The molecular formula is C16H25NO. The Labute approximate surface area is 111 Å². The molecule has 1 aromatic rings. The standard InChI is InChI=1S/C16H25NO/c1-6-17-14-10-15(16(14,4)5)18-13-8-7-11(2)9-12(13)3/h7-9,14-15,17H,6,10H2,1-5H3. The number of hydrogen-bond donors (Lipinski definition) is 1. The van der Waals surface area contributed by atoms with Crippen molar-refractivity contribution in [3.63, 3.8) is 0 Å². The maximum absolute atomic E-state index is 6.19. The van der Waals surface area contributed by atoms with Crippen LogP contribution in [-0.4, -0.2) is 18.7 Å². The van der Waals surface area contributed by atoms with Crippen LogP contribution in [0.2, 0.25) is 0 Å². The van der Waals surface area contributed by atoms with Gasteiger partial charge in [0, 0.05) is 17.9 Å². The summed E-state index contributed by atoms with van der Waals surface area (Å²) in [5.41, 5.74) is 2.74. The van der Waals surface area contributed by atoms with Crippen LogP contribution >= 0.6 is 0 Å². The first-order valence-electron chi connectivity index (χ1n) is 6.92. The highest BCUT2D eigenvalue weighted by molar-refractivity contribution is 5.36. The van der Waals surface area contributed by atoms with E-state index in [4.69, 9.17) is 4.74 Å². The molecule has 0 bridgehead atoms. The van der Waals surface area contributed by atoms with Crippen molar-refractivity contribution in [2.75, 3.05) is 6.54 Å². The van der Waals surface area contributed by atoms with Gasteiger partial charge < -0.3 is 10.1 Å². The van der Waals surface area contributed by atoms with E-state index in [1.165, 1.54) is 11.1 Å². The molecule has 0 amide bonds. The summed E-state index contributed by atoms with van der Waals surface area (Å²) in [5.74, 6) is 1.04. The smallest absolute Gasteiger partial charge is 0.122 e. The van der Waals surface area contributed by atoms with Gasteiger partial charge in [0.1, 0.15) is 11.9 Å². The van der Waals surface area contributed by atoms with Crippen molar-refractivity contribution >= 4 is 0 Å². The van der Waals surface area contributed by atoms with Gasteiger partial charge in [-0.25, -0.2) is 0 Å². The molecule has 1 aromatic carbocycles. The molecule has 0 spiro atoms. The molecule has 0 radical (unpaired) electrons. The first kappa shape index (κ1) is 13.4. The maximum atomic E-state index is 6.19. The van der Waals surface area contributed by atoms with E-state index in [0.717, 1.165) is 18.7 Å². The normalized spacial score (nSPS) is 25.6. The maximum Gasteiger partial charge on any atom is 0.122 e. The Kier molecular flexibility index (Phi) is 3.67. The summed E-state index contributed by atoms with van der Waals surface area (Å²) >= 11 is 0. The predicted octanol–water partition coefficient (Wildman–Crippen LogP) is 3.46. The molecule has 1 N–H and O–H groups in total. The summed E-state index contributed by atoms with van der Waals surface area (Å²) in [6.45, 7) is 12.0. The molecule has 2 heteroatoms. The molecule has 2 rings (SSSR count). The zero-order chi connectivity index (χ0) is 13.3. The lowest BCUT2D eigenvalue weighted by Gasteiger charge is -2.51. The molecule has 0 aromatic heterocycles. The number of hydrogen-bond acceptors (Lipinski definition) is 2. The fourth-order valence-electron chi connectivity index (χ4n) is 2.76. The van der Waals surface area contributed by atoms with Gasteiger partial charge >= 0.3 is 0 Å². The quantitative estimate of drug-likeness (QED) is 0.879. The van der Waals surface area contributed by atoms with Crippen molar-refractivity contribution in [3.8, 4) is 5.75 Å². The van der Waals surface area contributed by atoms with Crippen LogP contribution in [0.5, 0.6) is 5.75 Å². The highest BCUT2D eigenvalue weighted by atomic mass is 16.5. The van der Waals surface area contributed by atoms with Crippen molar-refractivity contribution < 1.29 is 4.74 Å². The van der Waals surface area contributed by atoms with E-state index in [1.807, 2.05) is 0 Å². The van der Waals surface area contributed by atoms with Gasteiger partial charge in [0.15, 0.2) is 0 Å². The molecule has 2 atom stereocenters. The van der Waals surface area contributed by atoms with E-state index in [0.29, 0.717) is 12.1 Å². The minimum Gasteiger partial charge on any atom is -0.489 e. The molecular weight excluding hydrogens is 222 g/mol. The van der Waals surface area contributed by atoms with Crippen molar-refractivity contribution in [1.82, 2.24) is 5.32 Å². The second-order valence-electron chi connectivity index (χ2n) is 6.04. The molecule has 1 saturated carbocycles. The van der Waals surface area contributed by atoms with E-state index in [1.54, 1.807) is 0 Å². The number of rotatable bonds is 4. The second-order valence-corrected chi connectivity index (χ2v) is 6.04. The van der Waals surface area contributed by atoms with Crippen molar-refractivity contribution in [2.24, 2.45) is 5.41 Å². The lowest BCUT2D eigenvalue weighted by Crippen LogP contribution is -2.62. The van der Waals surface area contributed by atoms with Gasteiger partial charge in [-0.2, -0.15) is 0 Å². The number of aryl methyl sites for hydroxylation is 2. The molecule has 1 fully saturated rings. The second kappa shape index (κ2) is 4.93. The van der Waals surface area contributed by atoms with Crippen LogP contribution in [0.1, 0.15) is 38.3 Å². The lowest BCUT2D eigenvalue weighted by atomic mass is 9.64. The molecule has 2 unspecified atom stereocenters. The number of nitrogens with one attached hydrogen (secondary N) is 1. The zero-order valence-electron chi connectivity index (χ0n) is 12.2. The summed E-state index contributed by atoms with van der Waals surface area (Å²) in [7, 11) is 0. The summed E-state index contributed by atoms with van der Waals surface area (Å²) in [6.07, 6.45) is 1.43. The summed E-state index contributed by atoms with van der Waals surface area (Å²) in [5, 5.41) is 3.53. The fourth-order valence-corrected chi connectivity index (χ4v) is 2.76. The first-order chi connectivity index (χ1) is 8.45.